The van der Waals surface area contributed by atoms with Gasteiger partial charge >= 0.3 is 0 Å². The Morgan fingerprint density at radius 3 is 2.19 bits per heavy atom. The minimum absolute atomic E-state index is 0.139. The second-order valence-corrected chi connectivity index (χ2v) is 8.41. The Bertz CT molecular complexity index is 886. The molecule has 146 valence electrons. The zero-order valence-corrected chi connectivity index (χ0v) is 17.3. The maximum atomic E-state index is 12.7. The molecule has 0 unspecified atom stereocenters. The average Bonchev–Trinajstić information content (AvgIpc) is 2.64. The minimum atomic E-state index is -3.61. The van der Waals surface area contributed by atoms with Gasteiger partial charge in [-0.25, -0.2) is 8.42 Å². The molecule has 0 aromatic heterocycles. The Hall–Kier alpha value is -2.18. The summed E-state index contributed by atoms with van der Waals surface area (Å²) in [6, 6.07) is 12.4. The smallest absolute Gasteiger partial charge is 0.255 e. The van der Waals surface area contributed by atoms with Gasteiger partial charge in [0.25, 0.3) is 5.91 Å². The van der Waals surface area contributed by atoms with Gasteiger partial charge in [0.2, 0.25) is 10.0 Å². The van der Waals surface area contributed by atoms with E-state index >= 15 is 0 Å². The summed E-state index contributed by atoms with van der Waals surface area (Å²) in [5.74, 6) is -0.313. The molecule has 0 aliphatic rings. The van der Waals surface area contributed by atoms with E-state index in [2.05, 4.69) is 12.2 Å². The fourth-order valence-corrected chi connectivity index (χ4v) is 4.45. The highest BCUT2D eigenvalue weighted by molar-refractivity contribution is 7.89. The number of amides is 1. The van der Waals surface area contributed by atoms with Gasteiger partial charge in [0, 0.05) is 24.3 Å². The molecule has 0 saturated heterocycles. The first-order valence-electron chi connectivity index (χ1n) is 9.34. The lowest BCUT2D eigenvalue weighted by Crippen LogP contribution is -2.30. The van der Waals surface area contributed by atoms with Gasteiger partial charge in [-0.15, -0.1) is 0 Å². The number of carbonyl (C=O) groups excluding carboxylic acids is 1. The van der Waals surface area contributed by atoms with Crippen LogP contribution in [0.5, 0.6) is 0 Å². The zero-order valence-electron chi connectivity index (χ0n) is 16.5. The van der Waals surface area contributed by atoms with Gasteiger partial charge < -0.3 is 5.32 Å². The van der Waals surface area contributed by atoms with Gasteiger partial charge in [-0.1, -0.05) is 45.4 Å². The largest absolute Gasteiger partial charge is 0.322 e. The van der Waals surface area contributed by atoms with Crippen molar-refractivity contribution in [3.63, 3.8) is 0 Å². The monoisotopic (exact) mass is 388 g/mol. The fourth-order valence-electron chi connectivity index (χ4n) is 2.96. The number of hydrogen-bond donors (Lipinski definition) is 1. The molecule has 0 radical (unpaired) electrons. The van der Waals surface area contributed by atoms with Crippen LogP contribution < -0.4 is 5.32 Å². The predicted octanol–water partition coefficient (Wildman–Crippen LogP) is 4.23. The summed E-state index contributed by atoms with van der Waals surface area (Å²) in [5.41, 5.74) is 3.00. The van der Waals surface area contributed by atoms with Crippen molar-refractivity contribution in [1.29, 1.82) is 0 Å². The van der Waals surface area contributed by atoms with Crippen LogP contribution in [0.25, 0.3) is 0 Å². The Balaban J connectivity index is 2.28. The Labute approximate surface area is 162 Å². The third-order valence-electron chi connectivity index (χ3n) is 4.55. The van der Waals surface area contributed by atoms with Crippen molar-refractivity contribution in [1.82, 2.24) is 4.31 Å². The van der Waals surface area contributed by atoms with E-state index in [9.17, 15) is 13.2 Å². The summed E-state index contributed by atoms with van der Waals surface area (Å²) in [6.07, 6.45) is 2.07. The van der Waals surface area contributed by atoms with Crippen LogP contribution in [0.3, 0.4) is 0 Å². The van der Waals surface area contributed by atoms with E-state index < -0.39 is 10.0 Å². The number of rotatable bonds is 8. The molecule has 0 fully saturated rings. The van der Waals surface area contributed by atoms with Crippen LogP contribution in [0, 0.1) is 6.92 Å². The van der Waals surface area contributed by atoms with Crippen LogP contribution >= 0.6 is 0 Å². The highest BCUT2D eigenvalue weighted by atomic mass is 32.2. The third kappa shape index (κ3) is 4.96. The molecule has 0 heterocycles. The first-order valence-corrected chi connectivity index (χ1v) is 10.8. The standard InChI is InChI=1S/C21H28N2O3S/c1-5-8-17-10-12-18(13-11-17)22-21(24)20-15-19(14-9-16(20)4)27(25,26)23(6-2)7-3/h9-15H,5-8H2,1-4H3,(H,22,24). The lowest BCUT2D eigenvalue weighted by atomic mass is 10.1. The van der Waals surface area contributed by atoms with Crippen LogP contribution in [-0.2, 0) is 16.4 Å². The number of benzene rings is 2. The van der Waals surface area contributed by atoms with Gasteiger partial charge in [-0.2, -0.15) is 4.31 Å². The second kappa shape index (κ2) is 9.15. The number of carbonyl (C=O) groups is 1. The molecule has 0 aliphatic carbocycles. The summed E-state index contributed by atoms with van der Waals surface area (Å²) in [5, 5.41) is 2.86. The van der Waals surface area contributed by atoms with Gasteiger partial charge in [0.15, 0.2) is 0 Å². The first-order chi connectivity index (χ1) is 12.8. The van der Waals surface area contributed by atoms with E-state index in [-0.39, 0.29) is 10.8 Å². The van der Waals surface area contributed by atoms with Gasteiger partial charge in [-0.05, 0) is 48.7 Å². The molecule has 1 N–H and O–H groups in total. The van der Waals surface area contributed by atoms with E-state index in [1.54, 1.807) is 32.9 Å². The number of nitrogens with one attached hydrogen (secondary N) is 1. The Morgan fingerprint density at radius 2 is 1.63 bits per heavy atom. The van der Waals surface area contributed by atoms with E-state index in [1.807, 2.05) is 24.3 Å². The molecule has 0 aliphatic heterocycles. The highest BCUT2D eigenvalue weighted by Crippen LogP contribution is 2.21. The number of nitrogens with zero attached hydrogens (tertiary/aromatic N) is 1. The molecular weight excluding hydrogens is 360 g/mol. The molecule has 2 rings (SSSR count). The predicted molar refractivity (Wildman–Crippen MR) is 110 cm³/mol. The Kier molecular flexibility index (Phi) is 7.16. The molecule has 2 aromatic rings. The average molecular weight is 389 g/mol. The molecule has 0 spiro atoms. The lowest BCUT2D eigenvalue weighted by Gasteiger charge is -2.19. The van der Waals surface area contributed by atoms with Crippen molar-refractivity contribution in [2.24, 2.45) is 0 Å². The fraction of sp³-hybridized carbons (Fsp3) is 0.381. The minimum Gasteiger partial charge on any atom is -0.322 e. The maximum Gasteiger partial charge on any atom is 0.255 e. The maximum absolute atomic E-state index is 12.7. The van der Waals surface area contributed by atoms with E-state index in [4.69, 9.17) is 0 Å². The summed E-state index contributed by atoms with van der Waals surface area (Å²) in [4.78, 5) is 12.9. The summed E-state index contributed by atoms with van der Waals surface area (Å²) >= 11 is 0. The molecular formula is C21H28N2O3S. The van der Waals surface area contributed by atoms with E-state index in [1.165, 1.54) is 15.9 Å². The SMILES string of the molecule is CCCc1ccc(NC(=O)c2cc(S(=O)(=O)N(CC)CC)ccc2C)cc1. The van der Waals surface area contributed by atoms with Gasteiger partial charge in [-0.3, -0.25) is 4.79 Å². The summed E-state index contributed by atoms with van der Waals surface area (Å²) in [6.45, 7) is 8.29. The van der Waals surface area contributed by atoms with Crippen LogP contribution in [-0.4, -0.2) is 31.7 Å². The van der Waals surface area contributed by atoms with Crippen molar-refractivity contribution in [2.45, 2.75) is 45.4 Å². The summed E-state index contributed by atoms with van der Waals surface area (Å²) < 4.78 is 26.8. The third-order valence-corrected chi connectivity index (χ3v) is 6.59. The highest BCUT2D eigenvalue weighted by Gasteiger charge is 2.23. The molecule has 5 nitrogen and oxygen atoms in total. The lowest BCUT2D eigenvalue weighted by molar-refractivity contribution is 0.102. The number of anilines is 1. The topological polar surface area (TPSA) is 66.5 Å². The Morgan fingerprint density at radius 1 is 1.00 bits per heavy atom. The van der Waals surface area contributed by atoms with Crippen molar-refractivity contribution < 1.29 is 13.2 Å². The van der Waals surface area contributed by atoms with Crippen molar-refractivity contribution in [2.75, 3.05) is 18.4 Å². The van der Waals surface area contributed by atoms with Gasteiger partial charge in [0.05, 0.1) is 4.90 Å². The quantitative estimate of drug-likeness (QED) is 0.736. The second-order valence-electron chi connectivity index (χ2n) is 6.47. The van der Waals surface area contributed by atoms with Crippen LogP contribution in [0.2, 0.25) is 0 Å². The van der Waals surface area contributed by atoms with Crippen molar-refractivity contribution >= 4 is 21.6 Å². The molecule has 0 bridgehead atoms. The number of aryl methyl sites for hydroxylation is 2. The van der Waals surface area contributed by atoms with E-state index in [0.29, 0.717) is 24.3 Å². The molecule has 0 saturated carbocycles. The van der Waals surface area contributed by atoms with E-state index in [0.717, 1.165) is 18.4 Å². The zero-order chi connectivity index (χ0) is 20.0. The summed E-state index contributed by atoms with van der Waals surface area (Å²) in [7, 11) is -3.61. The van der Waals surface area contributed by atoms with Crippen molar-refractivity contribution in [3.8, 4) is 0 Å². The molecule has 6 heteroatoms. The van der Waals surface area contributed by atoms with Crippen LogP contribution in [0.4, 0.5) is 5.69 Å². The van der Waals surface area contributed by atoms with Crippen molar-refractivity contribution in [3.05, 3.63) is 59.2 Å². The van der Waals surface area contributed by atoms with Crippen LogP contribution in [0.15, 0.2) is 47.4 Å². The first kappa shape index (κ1) is 21.1. The molecule has 27 heavy (non-hydrogen) atoms. The number of sulfonamides is 1. The molecule has 0 atom stereocenters. The van der Waals surface area contributed by atoms with Gasteiger partial charge in [0.1, 0.15) is 0 Å². The van der Waals surface area contributed by atoms with Crippen LogP contribution in [0.1, 0.15) is 48.7 Å². The normalized spacial score (nSPS) is 11.6. The molecule has 1 amide bonds. The number of hydrogen-bond acceptors (Lipinski definition) is 3. The molecule has 2 aromatic carbocycles.